The number of amides is 1. The standard InChI is InChI=1S/C16H21FN2O/c17-14-5-1-4-13(10-14)15(20)19-9-3-7-16(12-19)6-2-8-18-11-16/h1,4-5,10,18H,2-3,6-9,11-12H2/t16-/m1/s1. The van der Waals surface area contributed by atoms with Crippen molar-refractivity contribution in [3.05, 3.63) is 35.6 Å². The molecule has 1 aromatic carbocycles. The van der Waals surface area contributed by atoms with Crippen LogP contribution in [-0.4, -0.2) is 37.0 Å². The Bertz CT molecular complexity index is 491. The van der Waals surface area contributed by atoms with Gasteiger partial charge in [-0.2, -0.15) is 0 Å². The fourth-order valence-electron chi connectivity index (χ4n) is 3.56. The molecule has 1 N–H and O–H groups in total. The quantitative estimate of drug-likeness (QED) is 0.854. The third-order valence-electron chi connectivity index (χ3n) is 4.58. The van der Waals surface area contributed by atoms with E-state index in [-0.39, 0.29) is 17.1 Å². The summed E-state index contributed by atoms with van der Waals surface area (Å²) in [5.74, 6) is -0.379. The second-order valence-electron chi connectivity index (χ2n) is 6.12. The van der Waals surface area contributed by atoms with Crippen molar-refractivity contribution in [3.8, 4) is 0 Å². The summed E-state index contributed by atoms with van der Waals surface area (Å²) in [7, 11) is 0. The summed E-state index contributed by atoms with van der Waals surface area (Å²) in [6.07, 6.45) is 4.60. The summed E-state index contributed by atoms with van der Waals surface area (Å²) in [6, 6.07) is 6.01. The number of hydrogen-bond acceptors (Lipinski definition) is 2. The molecule has 2 aliphatic heterocycles. The first-order valence-electron chi connectivity index (χ1n) is 7.44. The molecule has 0 bridgehead atoms. The van der Waals surface area contributed by atoms with Gasteiger partial charge in [0.1, 0.15) is 5.82 Å². The molecule has 0 saturated carbocycles. The van der Waals surface area contributed by atoms with Crippen LogP contribution in [0.15, 0.2) is 24.3 Å². The monoisotopic (exact) mass is 276 g/mol. The average Bonchev–Trinajstić information content (AvgIpc) is 2.47. The van der Waals surface area contributed by atoms with Gasteiger partial charge in [0.25, 0.3) is 5.91 Å². The van der Waals surface area contributed by atoms with Gasteiger partial charge in [-0.05, 0) is 50.4 Å². The minimum absolute atomic E-state index is 0.0332. The normalized spacial score (nSPS) is 26.8. The second-order valence-corrected chi connectivity index (χ2v) is 6.12. The smallest absolute Gasteiger partial charge is 0.253 e. The van der Waals surface area contributed by atoms with E-state index in [1.54, 1.807) is 12.1 Å². The number of hydrogen-bond donors (Lipinski definition) is 1. The van der Waals surface area contributed by atoms with Crippen LogP contribution in [0.25, 0.3) is 0 Å². The zero-order chi connectivity index (χ0) is 14.0. The molecular weight excluding hydrogens is 255 g/mol. The lowest BCUT2D eigenvalue weighted by atomic mass is 9.74. The molecule has 1 aromatic rings. The van der Waals surface area contributed by atoms with Crippen molar-refractivity contribution in [2.24, 2.45) is 5.41 Å². The molecule has 1 amide bonds. The van der Waals surface area contributed by atoms with Crippen LogP contribution >= 0.6 is 0 Å². The zero-order valence-electron chi connectivity index (χ0n) is 11.7. The van der Waals surface area contributed by atoms with Crippen molar-refractivity contribution in [2.75, 3.05) is 26.2 Å². The summed E-state index contributed by atoms with van der Waals surface area (Å²) >= 11 is 0. The van der Waals surface area contributed by atoms with Gasteiger partial charge in [0, 0.05) is 30.6 Å². The fraction of sp³-hybridized carbons (Fsp3) is 0.562. The van der Waals surface area contributed by atoms with E-state index in [2.05, 4.69) is 5.32 Å². The van der Waals surface area contributed by atoms with Crippen LogP contribution < -0.4 is 5.32 Å². The van der Waals surface area contributed by atoms with Crippen LogP contribution in [0.2, 0.25) is 0 Å². The number of carbonyl (C=O) groups excluding carboxylic acids is 1. The zero-order valence-corrected chi connectivity index (χ0v) is 11.7. The second kappa shape index (κ2) is 5.52. The minimum atomic E-state index is -0.345. The van der Waals surface area contributed by atoms with Crippen LogP contribution in [0.4, 0.5) is 4.39 Å². The maximum atomic E-state index is 13.3. The summed E-state index contributed by atoms with van der Waals surface area (Å²) in [5, 5.41) is 3.46. The molecule has 0 aromatic heterocycles. The maximum Gasteiger partial charge on any atom is 0.253 e. The highest BCUT2D eigenvalue weighted by Gasteiger charge is 2.38. The number of rotatable bonds is 1. The summed E-state index contributed by atoms with van der Waals surface area (Å²) in [5.41, 5.74) is 0.699. The first-order valence-corrected chi connectivity index (χ1v) is 7.44. The first kappa shape index (κ1) is 13.6. The third-order valence-corrected chi connectivity index (χ3v) is 4.58. The number of carbonyl (C=O) groups is 1. The van der Waals surface area contributed by atoms with E-state index in [1.807, 2.05) is 4.90 Å². The number of nitrogens with zero attached hydrogens (tertiary/aromatic N) is 1. The highest BCUT2D eigenvalue weighted by molar-refractivity contribution is 5.94. The molecule has 0 unspecified atom stereocenters. The number of benzene rings is 1. The first-order chi connectivity index (χ1) is 9.69. The molecule has 4 heteroatoms. The highest BCUT2D eigenvalue weighted by Crippen LogP contribution is 2.36. The predicted molar refractivity (Wildman–Crippen MR) is 76.1 cm³/mol. The van der Waals surface area contributed by atoms with Crippen molar-refractivity contribution in [1.29, 1.82) is 0 Å². The Hall–Kier alpha value is -1.42. The lowest BCUT2D eigenvalue weighted by Crippen LogP contribution is -2.52. The van der Waals surface area contributed by atoms with Gasteiger partial charge >= 0.3 is 0 Å². The van der Waals surface area contributed by atoms with Gasteiger partial charge in [-0.25, -0.2) is 4.39 Å². The molecule has 2 saturated heterocycles. The molecule has 2 heterocycles. The molecule has 3 rings (SSSR count). The van der Waals surface area contributed by atoms with Crippen LogP contribution in [-0.2, 0) is 0 Å². The molecule has 20 heavy (non-hydrogen) atoms. The molecule has 1 spiro atoms. The Balaban J connectivity index is 1.74. The van der Waals surface area contributed by atoms with E-state index >= 15 is 0 Å². The van der Waals surface area contributed by atoms with Crippen molar-refractivity contribution >= 4 is 5.91 Å². The van der Waals surface area contributed by atoms with E-state index in [4.69, 9.17) is 0 Å². The number of likely N-dealkylation sites (tertiary alicyclic amines) is 1. The van der Waals surface area contributed by atoms with Gasteiger partial charge < -0.3 is 10.2 Å². The molecule has 2 fully saturated rings. The minimum Gasteiger partial charge on any atom is -0.338 e. The third kappa shape index (κ3) is 2.70. The molecule has 0 radical (unpaired) electrons. The summed E-state index contributed by atoms with van der Waals surface area (Å²) in [6.45, 7) is 3.67. The molecular formula is C16H21FN2O. The Labute approximate surface area is 119 Å². The van der Waals surface area contributed by atoms with E-state index < -0.39 is 0 Å². The summed E-state index contributed by atoms with van der Waals surface area (Å²) in [4.78, 5) is 14.4. The van der Waals surface area contributed by atoms with Gasteiger partial charge in [-0.3, -0.25) is 4.79 Å². The Morgan fingerprint density at radius 1 is 1.30 bits per heavy atom. The SMILES string of the molecule is O=C(c1cccc(F)c1)N1CCC[C@@]2(CCCNC2)C1. The van der Waals surface area contributed by atoms with Crippen molar-refractivity contribution < 1.29 is 9.18 Å². The largest absolute Gasteiger partial charge is 0.338 e. The van der Waals surface area contributed by atoms with Gasteiger partial charge in [-0.15, -0.1) is 0 Å². The van der Waals surface area contributed by atoms with Gasteiger partial charge in [0.05, 0.1) is 0 Å². The lowest BCUT2D eigenvalue weighted by Gasteiger charge is -2.45. The number of piperidine rings is 2. The predicted octanol–water partition coefficient (Wildman–Crippen LogP) is 2.43. The molecule has 3 nitrogen and oxygen atoms in total. The Kier molecular flexibility index (Phi) is 3.74. The van der Waals surface area contributed by atoms with Crippen molar-refractivity contribution in [1.82, 2.24) is 10.2 Å². The van der Waals surface area contributed by atoms with E-state index in [1.165, 1.54) is 31.4 Å². The van der Waals surface area contributed by atoms with E-state index in [0.29, 0.717) is 5.56 Å². The van der Waals surface area contributed by atoms with E-state index in [0.717, 1.165) is 32.6 Å². The van der Waals surface area contributed by atoms with Crippen LogP contribution in [0.5, 0.6) is 0 Å². The molecule has 0 aliphatic carbocycles. The number of nitrogens with one attached hydrogen (secondary N) is 1. The van der Waals surface area contributed by atoms with Gasteiger partial charge in [-0.1, -0.05) is 6.07 Å². The van der Waals surface area contributed by atoms with Crippen LogP contribution in [0.3, 0.4) is 0 Å². The Morgan fingerprint density at radius 3 is 2.90 bits per heavy atom. The number of halogens is 1. The topological polar surface area (TPSA) is 32.3 Å². The average molecular weight is 276 g/mol. The molecule has 2 aliphatic rings. The van der Waals surface area contributed by atoms with Gasteiger partial charge in [0.15, 0.2) is 0 Å². The van der Waals surface area contributed by atoms with Crippen molar-refractivity contribution in [3.63, 3.8) is 0 Å². The highest BCUT2D eigenvalue weighted by atomic mass is 19.1. The lowest BCUT2D eigenvalue weighted by molar-refractivity contribution is 0.0433. The fourth-order valence-corrected chi connectivity index (χ4v) is 3.56. The van der Waals surface area contributed by atoms with E-state index in [9.17, 15) is 9.18 Å². The molecule has 108 valence electrons. The summed E-state index contributed by atoms with van der Waals surface area (Å²) < 4.78 is 13.3. The Morgan fingerprint density at radius 2 is 2.15 bits per heavy atom. The molecule has 1 atom stereocenters. The van der Waals surface area contributed by atoms with Crippen LogP contribution in [0.1, 0.15) is 36.0 Å². The maximum absolute atomic E-state index is 13.3. The van der Waals surface area contributed by atoms with Gasteiger partial charge in [0.2, 0.25) is 0 Å². The van der Waals surface area contributed by atoms with Crippen molar-refractivity contribution in [2.45, 2.75) is 25.7 Å². The van der Waals surface area contributed by atoms with Crippen LogP contribution in [0, 0.1) is 11.2 Å².